The van der Waals surface area contributed by atoms with E-state index in [0.717, 1.165) is 0 Å². The number of hydrogen-bond acceptors (Lipinski definition) is 5. The molecule has 2 unspecified atom stereocenters. The topological polar surface area (TPSA) is 78.9 Å². The van der Waals surface area contributed by atoms with E-state index in [0.29, 0.717) is 23.4 Å². The van der Waals surface area contributed by atoms with Crippen LogP contribution in [0.5, 0.6) is 5.75 Å². The summed E-state index contributed by atoms with van der Waals surface area (Å²) in [6, 6.07) is 4.88. The number of carbonyl (C=O) groups excluding carboxylic acids is 2. The van der Waals surface area contributed by atoms with Crippen molar-refractivity contribution in [1.29, 1.82) is 0 Å². The van der Waals surface area contributed by atoms with Crippen molar-refractivity contribution in [2.75, 3.05) is 18.6 Å². The highest BCUT2D eigenvalue weighted by atomic mass is 16.5. The first-order chi connectivity index (χ1) is 9.99. The number of benzene rings is 1. The zero-order valence-corrected chi connectivity index (χ0v) is 12.4. The van der Waals surface area contributed by atoms with Gasteiger partial charge in [0.1, 0.15) is 11.8 Å². The molecule has 0 saturated carbocycles. The lowest BCUT2D eigenvalue weighted by Crippen LogP contribution is -2.58. The summed E-state index contributed by atoms with van der Waals surface area (Å²) in [6.07, 6.45) is -0.205. The summed E-state index contributed by atoms with van der Waals surface area (Å²) in [7, 11) is 1.52. The number of nitrogens with zero attached hydrogens (tertiary/aromatic N) is 1. The van der Waals surface area contributed by atoms with E-state index in [1.54, 1.807) is 30.0 Å². The van der Waals surface area contributed by atoms with E-state index >= 15 is 0 Å². The van der Waals surface area contributed by atoms with E-state index in [1.807, 2.05) is 6.92 Å². The van der Waals surface area contributed by atoms with Crippen LogP contribution < -0.4 is 15.0 Å². The van der Waals surface area contributed by atoms with E-state index in [4.69, 9.17) is 4.74 Å². The van der Waals surface area contributed by atoms with Gasteiger partial charge in [-0.05, 0) is 25.5 Å². The highest BCUT2D eigenvalue weighted by molar-refractivity contribution is 6.04. The van der Waals surface area contributed by atoms with E-state index in [-0.39, 0.29) is 18.4 Å². The SMILES string of the molecule is CCC1C(=O)NC(=O)CN1c1cccc(OC)c1C(C)O. The third kappa shape index (κ3) is 2.85. The second-order valence-electron chi connectivity index (χ2n) is 5.03. The highest BCUT2D eigenvalue weighted by Gasteiger charge is 2.34. The Balaban J connectivity index is 2.53. The minimum atomic E-state index is -0.770. The van der Waals surface area contributed by atoms with Crippen molar-refractivity contribution >= 4 is 17.5 Å². The molecule has 2 amide bonds. The maximum absolute atomic E-state index is 12.0. The molecule has 1 saturated heterocycles. The van der Waals surface area contributed by atoms with Crippen LogP contribution in [0.15, 0.2) is 18.2 Å². The quantitative estimate of drug-likeness (QED) is 0.809. The number of amides is 2. The summed E-state index contributed by atoms with van der Waals surface area (Å²) in [5.74, 6) is -0.118. The molecule has 0 spiro atoms. The fourth-order valence-electron chi connectivity index (χ4n) is 2.71. The Bertz CT molecular complexity index is 557. The maximum Gasteiger partial charge on any atom is 0.249 e. The second kappa shape index (κ2) is 6.13. The number of nitrogens with one attached hydrogen (secondary N) is 1. The van der Waals surface area contributed by atoms with Gasteiger partial charge in [-0.25, -0.2) is 0 Å². The lowest BCUT2D eigenvalue weighted by atomic mass is 10.0. The molecular formula is C15H20N2O4. The molecule has 0 aliphatic carbocycles. The van der Waals surface area contributed by atoms with Gasteiger partial charge in [-0.15, -0.1) is 0 Å². The highest BCUT2D eigenvalue weighted by Crippen LogP contribution is 2.36. The Morgan fingerprint density at radius 3 is 2.76 bits per heavy atom. The largest absolute Gasteiger partial charge is 0.496 e. The Morgan fingerprint density at radius 2 is 2.19 bits per heavy atom. The van der Waals surface area contributed by atoms with Crippen molar-refractivity contribution in [2.24, 2.45) is 0 Å². The number of rotatable bonds is 4. The smallest absolute Gasteiger partial charge is 0.249 e. The zero-order valence-electron chi connectivity index (χ0n) is 12.4. The number of imide groups is 1. The number of carbonyl (C=O) groups is 2. The molecule has 6 nitrogen and oxygen atoms in total. The van der Waals surface area contributed by atoms with Gasteiger partial charge in [0.15, 0.2) is 0 Å². The zero-order chi connectivity index (χ0) is 15.6. The van der Waals surface area contributed by atoms with Gasteiger partial charge in [0.2, 0.25) is 11.8 Å². The molecule has 2 atom stereocenters. The summed E-state index contributed by atoms with van der Waals surface area (Å²) in [6.45, 7) is 3.60. The Kier molecular flexibility index (Phi) is 4.47. The van der Waals surface area contributed by atoms with Crippen LogP contribution in [-0.2, 0) is 9.59 Å². The molecule has 1 aliphatic rings. The fourth-order valence-corrected chi connectivity index (χ4v) is 2.71. The van der Waals surface area contributed by atoms with Crippen molar-refractivity contribution in [3.8, 4) is 5.75 Å². The number of hydrogen-bond donors (Lipinski definition) is 2. The van der Waals surface area contributed by atoms with Crippen LogP contribution in [0.2, 0.25) is 0 Å². The van der Waals surface area contributed by atoms with Crippen LogP contribution in [0.1, 0.15) is 31.9 Å². The molecule has 1 fully saturated rings. The molecule has 1 aromatic rings. The lowest BCUT2D eigenvalue weighted by molar-refractivity contribution is -0.132. The van der Waals surface area contributed by atoms with E-state index in [9.17, 15) is 14.7 Å². The van der Waals surface area contributed by atoms with Gasteiger partial charge in [0.25, 0.3) is 0 Å². The summed E-state index contributed by atoms with van der Waals surface area (Å²) < 4.78 is 5.29. The standard InChI is InChI=1S/C15H20N2O4/c1-4-10-15(20)16-13(19)8-17(10)11-6-5-7-12(21-3)14(11)9(2)18/h5-7,9-10,18H,4,8H2,1-3H3,(H,16,19,20). The first-order valence-corrected chi connectivity index (χ1v) is 6.94. The molecule has 114 valence electrons. The van der Waals surface area contributed by atoms with Gasteiger partial charge in [-0.1, -0.05) is 13.0 Å². The third-order valence-corrected chi connectivity index (χ3v) is 3.63. The molecule has 0 aromatic heterocycles. The van der Waals surface area contributed by atoms with Gasteiger partial charge >= 0.3 is 0 Å². The van der Waals surface area contributed by atoms with Gasteiger partial charge in [-0.2, -0.15) is 0 Å². The minimum Gasteiger partial charge on any atom is -0.496 e. The lowest BCUT2D eigenvalue weighted by Gasteiger charge is -2.37. The number of ether oxygens (including phenoxy) is 1. The van der Waals surface area contributed by atoms with Gasteiger partial charge in [-0.3, -0.25) is 14.9 Å². The van der Waals surface area contributed by atoms with E-state index in [1.165, 1.54) is 7.11 Å². The van der Waals surface area contributed by atoms with Crippen molar-refractivity contribution in [3.05, 3.63) is 23.8 Å². The third-order valence-electron chi connectivity index (χ3n) is 3.63. The molecule has 0 bridgehead atoms. The van der Waals surface area contributed by atoms with Crippen LogP contribution in [0.3, 0.4) is 0 Å². The van der Waals surface area contributed by atoms with Crippen molar-refractivity contribution in [1.82, 2.24) is 5.32 Å². The van der Waals surface area contributed by atoms with Crippen LogP contribution in [-0.4, -0.2) is 36.6 Å². The number of piperazine rings is 1. The molecule has 2 rings (SSSR count). The first kappa shape index (κ1) is 15.3. The van der Waals surface area contributed by atoms with Crippen LogP contribution in [0.25, 0.3) is 0 Å². The summed E-state index contributed by atoms with van der Waals surface area (Å²) >= 11 is 0. The fraction of sp³-hybridized carbons (Fsp3) is 0.467. The average Bonchev–Trinajstić information content (AvgIpc) is 2.45. The molecule has 21 heavy (non-hydrogen) atoms. The monoisotopic (exact) mass is 292 g/mol. The van der Waals surface area contributed by atoms with Gasteiger partial charge in [0.05, 0.1) is 19.8 Å². The second-order valence-corrected chi connectivity index (χ2v) is 5.03. The summed E-state index contributed by atoms with van der Waals surface area (Å²) in [5, 5.41) is 12.4. The molecule has 1 aliphatic heterocycles. The van der Waals surface area contributed by atoms with Crippen molar-refractivity contribution in [2.45, 2.75) is 32.4 Å². The summed E-state index contributed by atoms with van der Waals surface area (Å²) in [5.41, 5.74) is 1.24. The molecule has 1 heterocycles. The normalized spacial score (nSPS) is 20.2. The Labute approximate surface area is 123 Å². The average molecular weight is 292 g/mol. The Morgan fingerprint density at radius 1 is 1.48 bits per heavy atom. The molecule has 6 heteroatoms. The number of methoxy groups -OCH3 is 1. The maximum atomic E-state index is 12.0. The number of aliphatic hydroxyl groups excluding tert-OH is 1. The molecule has 0 radical (unpaired) electrons. The van der Waals surface area contributed by atoms with Gasteiger partial charge in [0, 0.05) is 11.3 Å². The minimum absolute atomic E-state index is 0.0805. The van der Waals surface area contributed by atoms with Crippen LogP contribution in [0, 0.1) is 0 Å². The molecule has 1 aromatic carbocycles. The molecule has 2 N–H and O–H groups in total. The Hall–Kier alpha value is -2.08. The van der Waals surface area contributed by atoms with E-state index < -0.39 is 12.1 Å². The first-order valence-electron chi connectivity index (χ1n) is 6.94. The van der Waals surface area contributed by atoms with Crippen molar-refractivity contribution < 1.29 is 19.4 Å². The molecular weight excluding hydrogens is 272 g/mol. The predicted molar refractivity (Wildman–Crippen MR) is 78.2 cm³/mol. The number of anilines is 1. The van der Waals surface area contributed by atoms with Crippen LogP contribution in [0.4, 0.5) is 5.69 Å². The van der Waals surface area contributed by atoms with Crippen LogP contribution >= 0.6 is 0 Å². The summed E-state index contributed by atoms with van der Waals surface area (Å²) in [4.78, 5) is 25.4. The number of aliphatic hydroxyl groups is 1. The van der Waals surface area contributed by atoms with E-state index in [2.05, 4.69) is 5.32 Å². The van der Waals surface area contributed by atoms with Crippen molar-refractivity contribution in [3.63, 3.8) is 0 Å². The van der Waals surface area contributed by atoms with Gasteiger partial charge < -0.3 is 14.7 Å². The predicted octanol–water partition coefficient (Wildman–Crippen LogP) is 0.990.